The largest absolute Gasteiger partial charge is 0.455 e. The molecule has 2 aromatic carbocycles. The first-order valence-corrected chi connectivity index (χ1v) is 6.59. The Labute approximate surface area is 119 Å². The number of hydrogen-bond donors (Lipinski definition) is 1. The van der Waals surface area contributed by atoms with E-state index in [4.69, 9.17) is 4.74 Å². The normalized spacial score (nSPS) is 10.9. The average Bonchev–Trinajstić information content (AvgIpc) is 2.41. The lowest BCUT2D eigenvalue weighted by Crippen LogP contribution is -2.12. The monoisotopic (exact) mass is 269 g/mol. The standard InChI is InChI=1S/C17H19NO2/c1-17(2,3)13-8-4-6-10-15(13)20-16-11-7-5-9-14(16)18-12-19/h4-12H,1-3H3,(H,18,19). The average molecular weight is 269 g/mol. The van der Waals surface area contributed by atoms with Gasteiger partial charge in [0.2, 0.25) is 6.41 Å². The van der Waals surface area contributed by atoms with Crippen molar-refractivity contribution in [2.75, 3.05) is 5.32 Å². The van der Waals surface area contributed by atoms with Crippen molar-refractivity contribution in [2.24, 2.45) is 0 Å². The molecule has 2 aromatic rings. The lowest BCUT2D eigenvalue weighted by atomic mass is 9.86. The van der Waals surface area contributed by atoms with E-state index in [2.05, 4.69) is 32.2 Å². The molecule has 3 heteroatoms. The lowest BCUT2D eigenvalue weighted by Gasteiger charge is -2.23. The molecule has 104 valence electrons. The third-order valence-electron chi connectivity index (χ3n) is 3.02. The first-order chi connectivity index (χ1) is 9.52. The van der Waals surface area contributed by atoms with Crippen LogP contribution in [0.5, 0.6) is 11.5 Å². The zero-order chi connectivity index (χ0) is 14.6. The second-order valence-electron chi connectivity index (χ2n) is 5.61. The van der Waals surface area contributed by atoms with Crippen molar-refractivity contribution < 1.29 is 9.53 Å². The molecule has 20 heavy (non-hydrogen) atoms. The Hall–Kier alpha value is -2.29. The Morgan fingerprint density at radius 3 is 2.20 bits per heavy atom. The maximum atomic E-state index is 10.6. The van der Waals surface area contributed by atoms with Gasteiger partial charge in [-0.1, -0.05) is 51.1 Å². The fraction of sp³-hybridized carbons (Fsp3) is 0.235. The molecule has 3 nitrogen and oxygen atoms in total. The SMILES string of the molecule is CC(C)(C)c1ccccc1Oc1ccccc1NC=O. The van der Waals surface area contributed by atoms with Gasteiger partial charge >= 0.3 is 0 Å². The highest BCUT2D eigenvalue weighted by molar-refractivity contribution is 5.75. The number of carbonyl (C=O) groups excluding carboxylic acids is 1. The summed E-state index contributed by atoms with van der Waals surface area (Å²) in [5.74, 6) is 1.44. The predicted molar refractivity (Wildman–Crippen MR) is 81.3 cm³/mol. The van der Waals surface area contributed by atoms with Crippen LogP contribution < -0.4 is 10.1 Å². The number of ether oxygens (including phenoxy) is 1. The van der Waals surface area contributed by atoms with E-state index in [1.54, 1.807) is 0 Å². The van der Waals surface area contributed by atoms with E-state index in [0.717, 1.165) is 11.3 Å². The van der Waals surface area contributed by atoms with Crippen LogP contribution in [0.15, 0.2) is 48.5 Å². The molecule has 0 saturated heterocycles. The van der Waals surface area contributed by atoms with Crippen molar-refractivity contribution in [1.29, 1.82) is 0 Å². The zero-order valence-electron chi connectivity index (χ0n) is 12.0. The summed E-state index contributed by atoms with van der Waals surface area (Å²) in [4.78, 5) is 10.6. The predicted octanol–water partition coefficient (Wildman–Crippen LogP) is 4.34. The van der Waals surface area contributed by atoms with Gasteiger partial charge in [0.25, 0.3) is 0 Å². The summed E-state index contributed by atoms with van der Waals surface area (Å²) in [5.41, 5.74) is 1.77. The molecule has 0 fully saturated rings. The number of carbonyl (C=O) groups is 1. The minimum Gasteiger partial charge on any atom is -0.455 e. The highest BCUT2D eigenvalue weighted by atomic mass is 16.5. The molecule has 0 bridgehead atoms. The molecule has 0 spiro atoms. The summed E-state index contributed by atoms with van der Waals surface area (Å²) in [6, 6.07) is 15.3. The van der Waals surface area contributed by atoms with Gasteiger partial charge in [-0.15, -0.1) is 0 Å². The van der Waals surface area contributed by atoms with Gasteiger partial charge in [-0.3, -0.25) is 4.79 Å². The van der Waals surface area contributed by atoms with Crippen LogP contribution >= 0.6 is 0 Å². The molecule has 2 rings (SSSR count). The van der Waals surface area contributed by atoms with Crippen LogP contribution in [-0.4, -0.2) is 6.41 Å². The third kappa shape index (κ3) is 3.18. The van der Waals surface area contributed by atoms with Crippen molar-refractivity contribution in [2.45, 2.75) is 26.2 Å². The topological polar surface area (TPSA) is 38.3 Å². The summed E-state index contributed by atoms with van der Waals surface area (Å²) in [6.45, 7) is 6.43. The highest BCUT2D eigenvalue weighted by Crippen LogP contribution is 2.36. The van der Waals surface area contributed by atoms with E-state index in [-0.39, 0.29) is 5.41 Å². The number of amides is 1. The summed E-state index contributed by atoms with van der Waals surface area (Å²) in [7, 11) is 0. The lowest BCUT2D eigenvalue weighted by molar-refractivity contribution is -0.105. The fourth-order valence-corrected chi connectivity index (χ4v) is 2.03. The van der Waals surface area contributed by atoms with E-state index in [9.17, 15) is 4.79 Å². The molecule has 0 radical (unpaired) electrons. The maximum Gasteiger partial charge on any atom is 0.211 e. The smallest absolute Gasteiger partial charge is 0.211 e. The third-order valence-corrected chi connectivity index (χ3v) is 3.02. The summed E-state index contributed by atoms with van der Waals surface area (Å²) in [5, 5.41) is 2.65. The molecule has 0 heterocycles. The van der Waals surface area contributed by atoms with Crippen LogP contribution in [0.1, 0.15) is 26.3 Å². The molecule has 0 saturated carbocycles. The number of benzene rings is 2. The van der Waals surface area contributed by atoms with E-state index in [1.165, 1.54) is 0 Å². The van der Waals surface area contributed by atoms with Gasteiger partial charge in [0, 0.05) is 5.56 Å². The minimum atomic E-state index is -0.0103. The Morgan fingerprint density at radius 1 is 0.950 bits per heavy atom. The first kappa shape index (κ1) is 14.1. The Balaban J connectivity index is 2.38. The van der Waals surface area contributed by atoms with Gasteiger partial charge in [-0.05, 0) is 23.6 Å². The van der Waals surface area contributed by atoms with Gasteiger partial charge in [-0.2, -0.15) is 0 Å². The molecule has 1 N–H and O–H groups in total. The molecule has 1 amide bonds. The van der Waals surface area contributed by atoms with Crippen molar-refractivity contribution >= 4 is 12.1 Å². The molecule has 0 aromatic heterocycles. The maximum absolute atomic E-state index is 10.6. The fourth-order valence-electron chi connectivity index (χ4n) is 2.03. The minimum absolute atomic E-state index is 0.0103. The van der Waals surface area contributed by atoms with Gasteiger partial charge in [0.05, 0.1) is 5.69 Å². The second kappa shape index (κ2) is 5.78. The van der Waals surface area contributed by atoms with Crippen molar-refractivity contribution in [1.82, 2.24) is 0 Å². The molecule has 0 aliphatic carbocycles. The highest BCUT2D eigenvalue weighted by Gasteiger charge is 2.19. The van der Waals surface area contributed by atoms with Crippen LogP contribution in [0.4, 0.5) is 5.69 Å². The van der Waals surface area contributed by atoms with Crippen LogP contribution in [0.3, 0.4) is 0 Å². The number of hydrogen-bond acceptors (Lipinski definition) is 2. The molecular weight excluding hydrogens is 250 g/mol. The van der Waals surface area contributed by atoms with E-state index < -0.39 is 0 Å². The number of para-hydroxylation sites is 3. The van der Waals surface area contributed by atoms with Crippen molar-refractivity contribution in [3.8, 4) is 11.5 Å². The Kier molecular flexibility index (Phi) is 4.08. The quantitative estimate of drug-likeness (QED) is 0.838. The summed E-state index contributed by atoms with van der Waals surface area (Å²) in [6.07, 6.45) is 0.651. The van der Waals surface area contributed by atoms with Crippen LogP contribution in [0.2, 0.25) is 0 Å². The zero-order valence-corrected chi connectivity index (χ0v) is 12.0. The van der Waals surface area contributed by atoms with Crippen LogP contribution in [0, 0.1) is 0 Å². The van der Waals surface area contributed by atoms with Gasteiger partial charge < -0.3 is 10.1 Å². The van der Waals surface area contributed by atoms with Crippen molar-refractivity contribution in [3.63, 3.8) is 0 Å². The van der Waals surface area contributed by atoms with E-state index in [0.29, 0.717) is 17.8 Å². The number of anilines is 1. The molecule has 0 atom stereocenters. The molecule has 0 aliphatic rings. The Bertz CT molecular complexity index is 600. The number of rotatable bonds is 4. The number of nitrogens with one attached hydrogen (secondary N) is 1. The van der Waals surface area contributed by atoms with Gasteiger partial charge in [0.15, 0.2) is 5.75 Å². The van der Waals surface area contributed by atoms with Gasteiger partial charge in [0.1, 0.15) is 5.75 Å². The van der Waals surface area contributed by atoms with E-state index in [1.807, 2.05) is 42.5 Å². The molecular formula is C17H19NO2. The second-order valence-corrected chi connectivity index (χ2v) is 5.61. The Morgan fingerprint density at radius 2 is 1.55 bits per heavy atom. The van der Waals surface area contributed by atoms with Crippen molar-refractivity contribution in [3.05, 3.63) is 54.1 Å². The van der Waals surface area contributed by atoms with Crippen LogP contribution in [-0.2, 0) is 10.2 Å². The summed E-state index contributed by atoms with van der Waals surface area (Å²) < 4.78 is 6.00. The summed E-state index contributed by atoms with van der Waals surface area (Å²) >= 11 is 0. The molecule has 0 aliphatic heterocycles. The first-order valence-electron chi connectivity index (χ1n) is 6.59. The molecule has 0 unspecified atom stereocenters. The van der Waals surface area contributed by atoms with Crippen LogP contribution in [0.25, 0.3) is 0 Å². The van der Waals surface area contributed by atoms with Gasteiger partial charge in [-0.25, -0.2) is 0 Å². The van der Waals surface area contributed by atoms with E-state index >= 15 is 0 Å².